The molecule has 1 heterocycles. The van der Waals surface area contributed by atoms with Crippen LogP contribution in [-0.4, -0.2) is 33.9 Å². The number of hydroxylamine groups is 2. The van der Waals surface area contributed by atoms with Gasteiger partial charge in [-0.3, -0.25) is 0 Å². The summed E-state index contributed by atoms with van der Waals surface area (Å²) in [5, 5.41) is 26.1. The maximum atomic E-state index is 12.0. The van der Waals surface area contributed by atoms with Crippen LogP contribution in [0.2, 0.25) is 0 Å². The molecule has 0 saturated heterocycles. The van der Waals surface area contributed by atoms with Crippen molar-refractivity contribution in [3.63, 3.8) is 0 Å². The zero-order chi connectivity index (χ0) is 12.6. The van der Waals surface area contributed by atoms with Crippen molar-refractivity contribution in [1.82, 2.24) is 5.06 Å². The molecule has 0 amide bonds. The topological polar surface area (TPSA) is 92.1 Å². The van der Waals surface area contributed by atoms with Gasteiger partial charge >= 0.3 is 0 Å². The highest BCUT2D eigenvalue weighted by molar-refractivity contribution is 5.32. The Bertz CT molecular complexity index is 356. The van der Waals surface area contributed by atoms with Crippen LogP contribution in [-0.2, 0) is 5.21 Å². The molecular weight excluding hydrogens is 208 g/mol. The van der Waals surface area contributed by atoms with Crippen molar-refractivity contribution in [3.05, 3.63) is 22.1 Å². The van der Waals surface area contributed by atoms with Gasteiger partial charge in [-0.05, 0) is 38.8 Å². The molecule has 0 spiro atoms. The number of nitrogens with zero attached hydrogens (tertiary/aromatic N) is 4. The highest BCUT2D eigenvalue weighted by Gasteiger charge is 2.48. The average Bonchev–Trinajstić information content (AvgIpc) is 2.35. The van der Waals surface area contributed by atoms with E-state index in [1.54, 1.807) is 33.8 Å². The van der Waals surface area contributed by atoms with Crippen molar-refractivity contribution in [2.75, 3.05) is 6.54 Å². The molecule has 1 radical (unpaired) electrons. The first-order chi connectivity index (χ1) is 7.23. The van der Waals surface area contributed by atoms with Crippen LogP contribution < -0.4 is 0 Å². The number of aliphatic hydroxyl groups is 1. The Morgan fingerprint density at radius 1 is 1.56 bits per heavy atom. The molecule has 0 aromatic carbocycles. The minimum atomic E-state index is -0.899. The third-order valence-electron chi connectivity index (χ3n) is 2.92. The van der Waals surface area contributed by atoms with Gasteiger partial charge in [0.2, 0.25) is 0 Å². The second kappa shape index (κ2) is 4.07. The number of azide groups is 1. The Morgan fingerprint density at radius 2 is 2.12 bits per heavy atom. The summed E-state index contributed by atoms with van der Waals surface area (Å²) in [6.07, 6.45) is 0.849. The fourth-order valence-corrected chi connectivity index (χ4v) is 2.17. The van der Waals surface area contributed by atoms with Gasteiger partial charge in [-0.1, -0.05) is 11.2 Å². The summed E-state index contributed by atoms with van der Waals surface area (Å²) in [6.45, 7) is 7.03. The summed E-state index contributed by atoms with van der Waals surface area (Å²) in [5.74, 6) is 0. The first kappa shape index (κ1) is 13.0. The first-order valence-electron chi connectivity index (χ1n) is 5.13. The second-order valence-corrected chi connectivity index (χ2v) is 5.04. The van der Waals surface area contributed by atoms with Gasteiger partial charge in [0, 0.05) is 4.91 Å². The Balaban J connectivity index is 2.99. The molecule has 0 aliphatic carbocycles. The molecule has 1 atom stereocenters. The molecule has 6 heteroatoms. The summed E-state index contributed by atoms with van der Waals surface area (Å²) in [5.41, 5.74) is 7.40. The van der Waals surface area contributed by atoms with Crippen molar-refractivity contribution in [2.45, 2.75) is 44.9 Å². The molecule has 0 aromatic rings. The molecular formula is C10H17N4O2. The number of hydrogen-bond acceptors (Lipinski definition) is 3. The molecule has 0 saturated carbocycles. The van der Waals surface area contributed by atoms with Gasteiger partial charge in [0.1, 0.15) is 0 Å². The van der Waals surface area contributed by atoms with Crippen LogP contribution >= 0.6 is 0 Å². The number of hydrogen-bond donors (Lipinski definition) is 1. The predicted molar refractivity (Wildman–Crippen MR) is 58.8 cm³/mol. The SMILES string of the molecule is CC1(C)C=C(C(O)CN=[N+]=[N-])C(C)(C)N1[O]. The van der Waals surface area contributed by atoms with Gasteiger partial charge in [-0.25, -0.2) is 0 Å². The molecule has 16 heavy (non-hydrogen) atoms. The molecule has 0 bridgehead atoms. The van der Waals surface area contributed by atoms with Crippen LogP contribution in [0.4, 0.5) is 0 Å². The van der Waals surface area contributed by atoms with Gasteiger partial charge in [0.25, 0.3) is 0 Å². The lowest BCUT2D eigenvalue weighted by molar-refractivity contribution is -0.239. The van der Waals surface area contributed by atoms with E-state index in [-0.39, 0.29) is 6.54 Å². The van der Waals surface area contributed by atoms with Gasteiger partial charge < -0.3 is 5.11 Å². The van der Waals surface area contributed by atoms with Crippen LogP contribution in [0.5, 0.6) is 0 Å². The molecule has 1 aliphatic heterocycles. The fraction of sp³-hybridized carbons (Fsp3) is 0.800. The summed E-state index contributed by atoms with van der Waals surface area (Å²) >= 11 is 0. The van der Waals surface area contributed by atoms with Crippen LogP contribution in [0.15, 0.2) is 16.8 Å². The van der Waals surface area contributed by atoms with E-state index in [1.165, 1.54) is 0 Å². The van der Waals surface area contributed by atoms with Crippen LogP contribution in [0, 0.1) is 0 Å². The van der Waals surface area contributed by atoms with Crippen molar-refractivity contribution in [2.24, 2.45) is 5.11 Å². The molecule has 0 fully saturated rings. The van der Waals surface area contributed by atoms with Gasteiger partial charge in [-0.15, -0.1) is 10.3 Å². The lowest BCUT2D eigenvalue weighted by Gasteiger charge is -2.34. The lowest BCUT2D eigenvalue weighted by atomic mass is 9.92. The molecule has 1 rings (SSSR count). The van der Waals surface area contributed by atoms with E-state index in [2.05, 4.69) is 10.0 Å². The van der Waals surface area contributed by atoms with Crippen molar-refractivity contribution >= 4 is 0 Å². The van der Waals surface area contributed by atoms with Crippen LogP contribution in [0.1, 0.15) is 27.7 Å². The zero-order valence-corrected chi connectivity index (χ0v) is 10.0. The molecule has 1 unspecified atom stereocenters. The quantitative estimate of drug-likeness (QED) is 0.343. The minimum Gasteiger partial charge on any atom is -0.389 e. The van der Waals surface area contributed by atoms with Crippen LogP contribution in [0.25, 0.3) is 10.4 Å². The lowest BCUT2D eigenvalue weighted by Crippen LogP contribution is -2.48. The maximum Gasteiger partial charge on any atom is 0.0825 e. The Hall–Kier alpha value is -1.07. The van der Waals surface area contributed by atoms with Crippen LogP contribution in [0.3, 0.4) is 0 Å². The van der Waals surface area contributed by atoms with Gasteiger partial charge in [0.15, 0.2) is 0 Å². The molecule has 1 aliphatic rings. The Kier molecular flexibility index (Phi) is 3.30. The van der Waals surface area contributed by atoms with E-state index >= 15 is 0 Å². The monoisotopic (exact) mass is 225 g/mol. The zero-order valence-electron chi connectivity index (χ0n) is 10.0. The third-order valence-corrected chi connectivity index (χ3v) is 2.92. The highest BCUT2D eigenvalue weighted by atomic mass is 16.5. The predicted octanol–water partition coefficient (Wildman–Crippen LogP) is 1.80. The average molecular weight is 225 g/mol. The first-order valence-corrected chi connectivity index (χ1v) is 5.13. The van der Waals surface area contributed by atoms with E-state index in [0.29, 0.717) is 5.57 Å². The van der Waals surface area contributed by atoms with Gasteiger partial charge in [-0.2, -0.15) is 0 Å². The van der Waals surface area contributed by atoms with Crippen molar-refractivity contribution in [1.29, 1.82) is 0 Å². The number of aliphatic hydroxyl groups excluding tert-OH is 1. The molecule has 1 N–H and O–H groups in total. The van der Waals surface area contributed by atoms with Gasteiger partial charge in [0.05, 0.1) is 23.7 Å². The largest absolute Gasteiger partial charge is 0.389 e. The summed E-state index contributed by atoms with van der Waals surface area (Å²) in [7, 11) is 0. The normalized spacial score (nSPS) is 24.8. The van der Waals surface area contributed by atoms with Crippen molar-refractivity contribution < 1.29 is 10.3 Å². The van der Waals surface area contributed by atoms with E-state index in [9.17, 15) is 10.3 Å². The maximum absolute atomic E-state index is 12.0. The fourth-order valence-electron chi connectivity index (χ4n) is 2.17. The van der Waals surface area contributed by atoms with E-state index < -0.39 is 17.2 Å². The summed E-state index contributed by atoms with van der Waals surface area (Å²) < 4.78 is 0. The van der Waals surface area contributed by atoms with Crippen molar-refractivity contribution in [3.8, 4) is 0 Å². The highest BCUT2D eigenvalue weighted by Crippen LogP contribution is 2.40. The minimum absolute atomic E-state index is 0.0459. The summed E-state index contributed by atoms with van der Waals surface area (Å²) in [6, 6.07) is 0. The third kappa shape index (κ3) is 2.05. The molecule has 0 aromatic heterocycles. The molecule has 89 valence electrons. The van der Waals surface area contributed by atoms with E-state index in [1.807, 2.05) is 0 Å². The van der Waals surface area contributed by atoms with E-state index in [4.69, 9.17) is 5.53 Å². The number of rotatable bonds is 3. The Morgan fingerprint density at radius 3 is 2.50 bits per heavy atom. The Labute approximate surface area is 94.8 Å². The standard InChI is InChI=1S/C10H17N4O2/c1-9(2)5-7(8(15)6-12-13-11)10(3,4)14(9)16/h5,8,15H,6H2,1-4H3. The second-order valence-electron chi connectivity index (χ2n) is 5.04. The van der Waals surface area contributed by atoms with E-state index in [0.717, 1.165) is 5.06 Å². The smallest absolute Gasteiger partial charge is 0.0825 e. The summed E-state index contributed by atoms with van der Waals surface area (Å²) in [4.78, 5) is 2.60. The molecule has 6 nitrogen and oxygen atoms in total.